The zero-order valence-corrected chi connectivity index (χ0v) is 36.9. The summed E-state index contributed by atoms with van der Waals surface area (Å²) < 4.78 is 9.42. The molecule has 0 spiro atoms. The van der Waals surface area contributed by atoms with Crippen molar-refractivity contribution in [1.29, 1.82) is 0 Å². The number of aliphatic hydroxyl groups is 1. The highest BCUT2D eigenvalue weighted by molar-refractivity contribution is 5.98. The zero-order chi connectivity index (χ0) is 45.8. The van der Waals surface area contributed by atoms with Crippen LogP contribution in [0.3, 0.4) is 0 Å². The molecule has 14 nitrogen and oxygen atoms in total. The fourth-order valence-electron chi connectivity index (χ4n) is 9.23. The van der Waals surface area contributed by atoms with Crippen molar-refractivity contribution in [1.82, 2.24) is 15.1 Å². The fraction of sp³-hybridized carbons (Fsp3) is 0.480. The summed E-state index contributed by atoms with van der Waals surface area (Å²) in [5.74, 6) is -0.649. The van der Waals surface area contributed by atoms with Gasteiger partial charge in [0, 0.05) is 56.3 Å². The van der Waals surface area contributed by atoms with Gasteiger partial charge in [0.1, 0.15) is 6.61 Å². The molecule has 3 heterocycles. The third-order valence-electron chi connectivity index (χ3n) is 12.7. The summed E-state index contributed by atoms with van der Waals surface area (Å²) in [6, 6.07) is 15.7. The molecule has 340 valence electrons. The molecule has 5 aliphatic rings. The normalized spacial score (nSPS) is 17.9. The minimum absolute atomic E-state index is 0.0235. The summed E-state index contributed by atoms with van der Waals surface area (Å²) in [7, 11) is 2.70. The van der Waals surface area contributed by atoms with Crippen LogP contribution in [0.1, 0.15) is 129 Å². The number of ketones is 4. The number of carbonyl (C=O) groups excluding carboxylic acids is 8. The lowest BCUT2D eigenvalue weighted by Crippen LogP contribution is -2.39. The second-order valence-corrected chi connectivity index (χ2v) is 17.3. The SMILES string of the molecule is COC(=O)c1ccc2c(c1)CN(C(=O)C1CCCCC1)CC(=O)C2.COC(=O)c1ccc2c(c1)CNCC(=O)C2.O=C1Cc2ccc(C(=O)CO)cc2CN(C(=O)C2CCCCC2)C1. The largest absolute Gasteiger partial charge is 0.465 e. The van der Waals surface area contributed by atoms with E-state index in [0.29, 0.717) is 55.7 Å². The summed E-state index contributed by atoms with van der Waals surface area (Å²) in [6.07, 6.45) is 11.4. The quantitative estimate of drug-likeness (QED) is 0.247. The first kappa shape index (κ1) is 47.6. The van der Waals surface area contributed by atoms with Crippen LogP contribution in [-0.4, -0.2) is 102 Å². The molecule has 0 aromatic heterocycles. The van der Waals surface area contributed by atoms with E-state index in [1.165, 1.54) is 27.1 Å². The smallest absolute Gasteiger partial charge is 0.337 e. The van der Waals surface area contributed by atoms with Crippen LogP contribution in [0.5, 0.6) is 0 Å². The Labute approximate surface area is 374 Å². The standard InChI is InChI=1S/2C19H23NO4.C12H13NO3/c1-24-19(23)15-8-7-14-10-17(21)12-20(11-16(14)9-15)18(22)13-5-3-2-4-6-13;21-12-18(23)15-7-6-14-9-17(22)11-20(10-16(14)8-15)19(24)13-4-2-1-3-5-13;1-16-12(15)9-3-2-8-5-11(14)7-13-6-10(8)4-9/h7-9,13H,2-6,10-12H2,1H3;6-8,13,21H,1-5,9-12H2;2-4,13H,5-7H2,1H3. The van der Waals surface area contributed by atoms with Crippen molar-refractivity contribution >= 4 is 46.9 Å². The number of rotatable bonds is 6. The number of benzene rings is 3. The van der Waals surface area contributed by atoms with Gasteiger partial charge in [0.05, 0.1) is 45.0 Å². The summed E-state index contributed by atoms with van der Waals surface area (Å²) >= 11 is 0. The molecular weight excluding hydrogens is 819 g/mol. The van der Waals surface area contributed by atoms with Gasteiger partial charge in [-0.2, -0.15) is 0 Å². The first-order valence-corrected chi connectivity index (χ1v) is 22.4. The number of hydrogen-bond acceptors (Lipinski definition) is 12. The Morgan fingerprint density at radius 3 is 1.39 bits per heavy atom. The van der Waals surface area contributed by atoms with Crippen molar-refractivity contribution in [2.75, 3.05) is 40.5 Å². The molecule has 8 rings (SSSR count). The molecule has 0 bridgehead atoms. The Hall–Kier alpha value is -5.86. The van der Waals surface area contributed by atoms with Gasteiger partial charge in [0.2, 0.25) is 11.8 Å². The average molecular weight is 878 g/mol. The Kier molecular flexibility index (Phi) is 16.9. The minimum Gasteiger partial charge on any atom is -0.465 e. The second kappa shape index (κ2) is 22.7. The molecule has 3 aliphatic heterocycles. The molecule has 2 amide bonds. The predicted octanol–water partition coefficient (Wildman–Crippen LogP) is 5.09. The van der Waals surface area contributed by atoms with Crippen LogP contribution >= 0.6 is 0 Å². The van der Waals surface area contributed by atoms with Crippen LogP contribution < -0.4 is 5.32 Å². The third kappa shape index (κ3) is 12.4. The number of fused-ring (bicyclic) bond motifs is 3. The van der Waals surface area contributed by atoms with E-state index in [0.717, 1.165) is 84.7 Å². The number of hydrogen-bond donors (Lipinski definition) is 2. The summed E-state index contributed by atoms with van der Waals surface area (Å²) in [5.41, 5.74) is 6.86. The van der Waals surface area contributed by atoms with E-state index in [-0.39, 0.29) is 72.3 Å². The topological polar surface area (TPSA) is 194 Å². The van der Waals surface area contributed by atoms with Crippen molar-refractivity contribution in [3.05, 3.63) is 105 Å². The van der Waals surface area contributed by atoms with Gasteiger partial charge in [-0.1, -0.05) is 62.8 Å². The molecule has 0 saturated heterocycles. The van der Waals surface area contributed by atoms with Crippen molar-refractivity contribution in [2.45, 2.75) is 103 Å². The number of Topliss-reactive ketones (excluding diaryl/α,β-unsaturated/α-hetero) is 4. The summed E-state index contributed by atoms with van der Waals surface area (Å²) in [4.78, 5) is 99.6. The van der Waals surface area contributed by atoms with Gasteiger partial charge in [-0.3, -0.25) is 28.8 Å². The van der Waals surface area contributed by atoms with Crippen molar-refractivity contribution in [2.24, 2.45) is 11.8 Å². The maximum Gasteiger partial charge on any atom is 0.337 e. The molecule has 0 atom stereocenters. The van der Waals surface area contributed by atoms with Gasteiger partial charge in [0.15, 0.2) is 23.1 Å². The molecule has 3 aromatic rings. The van der Waals surface area contributed by atoms with Crippen LogP contribution in [0.25, 0.3) is 0 Å². The molecule has 2 aliphatic carbocycles. The lowest BCUT2D eigenvalue weighted by atomic mass is 9.88. The van der Waals surface area contributed by atoms with Crippen molar-refractivity contribution < 1.29 is 52.9 Å². The van der Waals surface area contributed by atoms with Crippen LogP contribution in [0.15, 0.2) is 54.6 Å². The third-order valence-corrected chi connectivity index (χ3v) is 12.7. The number of ether oxygens (including phenoxy) is 2. The fourth-order valence-corrected chi connectivity index (χ4v) is 9.23. The number of methoxy groups -OCH3 is 2. The Morgan fingerprint density at radius 1 is 0.531 bits per heavy atom. The van der Waals surface area contributed by atoms with Crippen molar-refractivity contribution in [3.8, 4) is 0 Å². The van der Waals surface area contributed by atoms with Gasteiger partial charge in [-0.25, -0.2) is 9.59 Å². The van der Waals surface area contributed by atoms with E-state index in [2.05, 4.69) is 10.1 Å². The highest BCUT2D eigenvalue weighted by Gasteiger charge is 2.32. The summed E-state index contributed by atoms with van der Waals surface area (Å²) in [5, 5.41) is 12.1. The van der Waals surface area contributed by atoms with Gasteiger partial charge in [-0.05, 0) is 89.4 Å². The summed E-state index contributed by atoms with van der Waals surface area (Å²) in [6.45, 7) is 1.53. The molecule has 2 saturated carbocycles. The molecule has 0 radical (unpaired) electrons. The number of nitrogens with one attached hydrogen (secondary N) is 1. The van der Waals surface area contributed by atoms with E-state index in [1.54, 1.807) is 58.3 Å². The van der Waals surface area contributed by atoms with E-state index < -0.39 is 12.6 Å². The average Bonchev–Trinajstić information content (AvgIpc) is 3.70. The molecule has 64 heavy (non-hydrogen) atoms. The number of amides is 2. The number of carbonyl (C=O) groups is 8. The molecule has 2 fully saturated rings. The van der Waals surface area contributed by atoms with Gasteiger partial charge >= 0.3 is 11.9 Å². The lowest BCUT2D eigenvalue weighted by Gasteiger charge is -2.28. The second-order valence-electron chi connectivity index (χ2n) is 17.3. The van der Waals surface area contributed by atoms with Crippen molar-refractivity contribution in [3.63, 3.8) is 0 Å². The number of esters is 2. The van der Waals surface area contributed by atoms with E-state index in [9.17, 15) is 38.4 Å². The number of aliphatic hydroxyl groups excluding tert-OH is 1. The first-order chi connectivity index (χ1) is 30.9. The van der Waals surface area contributed by atoms with Gasteiger partial charge in [-0.15, -0.1) is 0 Å². The monoisotopic (exact) mass is 877 g/mol. The van der Waals surface area contributed by atoms with Crippen LogP contribution in [0.2, 0.25) is 0 Å². The molecule has 14 heteroatoms. The Morgan fingerprint density at radius 2 is 0.938 bits per heavy atom. The predicted molar refractivity (Wildman–Crippen MR) is 235 cm³/mol. The van der Waals surface area contributed by atoms with Crippen LogP contribution in [0.4, 0.5) is 0 Å². The molecule has 3 aromatic carbocycles. The highest BCUT2D eigenvalue weighted by Crippen LogP contribution is 2.30. The molecule has 2 N–H and O–H groups in total. The minimum atomic E-state index is -0.539. The maximum atomic E-state index is 12.8. The maximum absolute atomic E-state index is 12.8. The van der Waals surface area contributed by atoms with Gasteiger partial charge in [0.25, 0.3) is 0 Å². The Bertz CT molecular complexity index is 2140. The Balaban J connectivity index is 0.000000163. The highest BCUT2D eigenvalue weighted by atomic mass is 16.5. The lowest BCUT2D eigenvalue weighted by molar-refractivity contribution is -0.140. The van der Waals surface area contributed by atoms with E-state index in [1.807, 2.05) is 6.07 Å². The zero-order valence-electron chi connectivity index (χ0n) is 36.9. The number of nitrogens with zero attached hydrogens (tertiary/aromatic N) is 2. The first-order valence-electron chi connectivity index (χ1n) is 22.4. The van der Waals surface area contributed by atoms with Crippen LogP contribution in [0, 0.1) is 11.8 Å². The molecule has 0 unspecified atom stereocenters. The van der Waals surface area contributed by atoms with E-state index >= 15 is 0 Å². The van der Waals surface area contributed by atoms with Crippen LogP contribution in [-0.2, 0) is 72.3 Å². The van der Waals surface area contributed by atoms with E-state index in [4.69, 9.17) is 9.84 Å². The molecular formula is C50H59N3O11. The van der Waals surface area contributed by atoms with Gasteiger partial charge < -0.3 is 29.7 Å².